The molecule has 0 heterocycles. The second kappa shape index (κ2) is 8.60. The molecule has 0 spiro atoms. The molecule has 1 aromatic rings. The highest BCUT2D eigenvalue weighted by atomic mass is 32.2. The first-order valence-electron chi connectivity index (χ1n) is 6.69. The highest BCUT2D eigenvalue weighted by Crippen LogP contribution is 2.22. The van der Waals surface area contributed by atoms with Gasteiger partial charge in [0.15, 0.2) is 0 Å². The van der Waals surface area contributed by atoms with Crippen LogP contribution in [0.25, 0.3) is 0 Å². The largest absolute Gasteiger partial charge is 0.313 e. The van der Waals surface area contributed by atoms with Gasteiger partial charge >= 0.3 is 0 Å². The van der Waals surface area contributed by atoms with Crippen molar-refractivity contribution in [1.82, 2.24) is 5.32 Å². The summed E-state index contributed by atoms with van der Waals surface area (Å²) in [5, 5.41) is 3.62. The van der Waals surface area contributed by atoms with E-state index in [-0.39, 0.29) is 0 Å². The smallest absolute Gasteiger partial charge is 0.0187 e. The minimum Gasteiger partial charge on any atom is -0.313 e. The molecule has 0 bridgehead atoms. The monoisotopic (exact) mass is 251 g/mol. The van der Waals surface area contributed by atoms with Gasteiger partial charge in [-0.3, -0.25) is 0 Å². The van der Waals surface area contributed by atoms with Crippen LogP contribution in [0.1, 0.15) is 33.6 Å². The van der Waals surface area contributed by atoms with Gasteiger partial charge in [0.2, 0.25) is 0 Å². The summed E-state index contributed by atoms with van der Waals surface area (Å²) in [5.41, 5.74) is 0. The lowest BCUT2D eigenvalue weighted by molar-refractivity contribution is 0.388. The summed E-state index contributed by atoms with van der Waals surface area (Å²) in [6, 6.07) is 11.3. The van der Waals surface area contributed by atoms with Gasteiger partial charge in [-0.1, -0.05) is 45.4 Å². The first-order chi connectivity index (χ1) is 8.27. The normalized spacial score (nSPS) is 14.5. The van der Waals surface area contributed by atoms with Crippen LogP contribution in [-0.4, -0.2) is 18.3 Å². The zero-order valence-corrected chi connectivity index (χ0v) is 12.1. The molecule has 0 amide bonds. The molecule has 0 aromatic heterocycles. The predicted molar refractivity (Wildman–Crippen MR) is 78.7 cm³/mol. The highest BCUT2D eigenvalue weighted by molar-refractivity contribution is 7.99. The van der Waals surface area contributed by atoms with Crippen LogP contribution in [0.15, 0.2) is 35.2 Å². The number of hydrogen-bond donors (Lipinski definition) is 1. The Morgan fingerprint density at radius 1 is 1.18 bits per heavy atom. The van der Waals surface area contributed by atoms with E-state index in [4.69, 9.17) is 0 Å². The molecule has 2 heteroatoms. The van der Waals surface area contributed by atoms with Crippen LogP contribution in [-0.2, 0) is 0 Å². The zero-order valence-electron chi connectivity index (χ0n) is 11.3. The van der Waals surface area contributed by atoms with Crippen LogP contribution in [0.2, 0.25) is 0 Å². The highest BCUT2D eigenvalue weighted by Gasteiger charge is 2.15. The van der Waals surface area contributed by atoms with Gasteiger partial charge in [0.05, 0.1) is 0 Å². The summed E-state index contributed by atoms with van der Waals surface area (Å²) in [6.07, 6.45) is 2.59. The van der Waals surface area contributed by atoms with Gasteiger partial charge in [0.1, 0.15) is 0 Å². The zero-order chi connectivity index (χ0) is 12.5. The molecule has 0 fully saturated rings. The molecule has 1 nitrogen and oxygen atoms in total. The molecule has 0 aliphatic heterocycles. The second-order valence-electron chi connectivity index (χ2n) is 4.55. The molecular formula is C15H25NS. The quantitative estimate of drug-likeness (QED) is 0.695. The second-order valence-corrected chi connectivity index (χ2v) is 5.65. The Morgan fingerprint density at radius 2 is 1.88 bits per heavy atom. The van der Waals surface area contributed by atoms with Gasteiger partial charge in [-0.2, -0.15) is 0 Å². The fraction of sp³-hybridized carbons (Fsp3) is 0.600. The van der Waals surface area contributed by atoms with E-state index in [1.165, 1.54) is 23.5 Å². The van der Waals surface area contributed by atoms with Gasteiger partial charge in [-0.25, -0.2) is 0 Å². The molecule has 17 heavy (non-hydrogen) atoms. The maximum atomic E-state index is 3.62. The third-order valence-electron chi connectivity index (χ3n) is 3.07. The minimum absolute atomic E-state index is 0.630. The topological polar surface area (TPSA) is 12.0 Å². The fourth-order valence-corrected chi connectivity index (χ4v) is 3.21. The molecule has 0 saturated carbocycles. The van der Waals surface area contributed by atoms with Crippen LogP contribution in [0, 0.1) is 5.92 Å². The molecule has 0 radical (unpaired) electrons. The summed E-state index contributed by atoms with van der Waals surface area (Å²) >= 11 is 1.96. The van der Waals surface area contributed by atoms with Crippen molar-refractivity contribution < 1.29 is 0 Å². The van der Waals surface area contributed by atoms with E-state index in [2.05, 4.69) is 56.4 Å². The molecule has 2 unspecified atom stereocenters. The van der Waals surface area contributed by atoms with Crippen LogP contribution in [0.4, 0.5) is 0 Å². The lowest BCUT2D eigenvalue weighted by Gasteiger charge is -2.24. The standard InChI is InChI=1S/C15H25NS/c1-4-9-13(3)15(16-5-2)12-17-14-10-7-6-8-11-14/h6-8,10-11,13,15-16H,4-5,9,12H2,1-3H3. The fourth-order valence-electron chi connectivity index (χ4n) is 2.05. The third kappa shape index (κ3) is 5.60. The van der Waals surface area contributed by atoms with E-state index in [9.17, 15) is 0 Å². The van der Waals surface area contributed by atoms with Crippen molar-refractivity contribution in [1.29, 1.82) is 0 Å². The Bertz CT molecular complexity index is 286. The van der Waals surface area contributed by atoms with E-state index in [1.807, 2.05) is 11.8 Å². The lowest BCUT2D eigenvalue weighted by Crippen LogP contribution is -2.37. The average molecular weight is 251 g/mol. The number of thioether (sulfide) groups is 1. The summed E-state index contributed by atoms with van der Waals surface area (Å²) in [6.45, 7) is 7.89. The first-order valence-corrected chi connectivity index (χ1v) is 7.67. The van der Waals surface area contributed by atoms with E-state index in [0.717, 1.165) is 12.5 Å². The molecule has 0 aliphatic rings. The minimum atomic E-state index is 0.630. The number of rotatable bonds is 8. The van der Waals surface area contributed by atoms with Gasteiger partial charge in [-0.15, -0.1) is 11.8 Å². The molecular weight excluding hydrogens is 226 g/mol. The van der Waals surface area contributed by atoms with Gasteiger partial charge in [-0.05, 0) is 31.0 Å². The molecule has 0 aliphatic carbocycles. The summed E-state index contributed by atoms with van der Waals surface area (Å²) in [5.74, 6) is 1.93. The van der Waals surface area contributed by atoms with Gasteiger partial charge in [0, 0.05) is 16.7 Å². The average Bonchev–Trinajstić information content (AvgIpc) is 2.36. The third-order valence-corrected chi connectivity index (χ3v) is 4.20. The number of hydrogen-bond acceptors (Lipinski definition) is 2. The molecule has 2 atom stereocenters. The Hall–Kier alpha value is -0.470. The molecule has 1 rings (SSSR count). The predicted octanol–water partition coefficient (Wildman–Crippen LogP) is 4.19. The lowest BCUT2D eigenvalue weighted by atomic mass is 9.98. The van der Waals surface area contributed by atoms with Crippen molar-refractivity contribution in [2.45, 2.75) is 44.6 Å². The van der Waals surface area contributed by atoms with Crippen molar-refractivity contribution in [2.24, 2.45) is 5.92 Å². The number of nitrogens with one attached hydrogen (secondary N) is 1. The summed E-state index contributed by atoms with van der Waals surface area (Å²) < 4.78 is 0. The van der Waals surface area contributed by atoms with Crippen LogP contribution >= 0.6 is 11.8 Å². The molecule has 96 valence electrons. The SMILES string of the molecule is CCCC(C)C(CSc1ccccc1)NCC. The van der Waals surface area contributed by atoms with Gasteiger partial charge < -0.3 is 5.32 Å². The summed E-state index contributed by atoms with van der Waals surface area (Å²) in [4.78, 5) is 1.37. The maximum Gasteiger partial charge on any atom is 0.0187 e. The van der Waals surface area contributed by atoms with E-state index in [0.29, 0.717) is 6.04 Å². The van der Waals surface area contributed by atoms with Crippen molar-refractivity contribution in [3.63, 3.8) is 0 Å². The van der Waals surface area contributed by atoms with Crippen molar-refractivity contribution >= 4 is 11.8 Å². The van der Waals surface area contributed by atoms with Crippen molar-refractivity contribution in [3.05, 3.63) is 30.3 Å². The van der Waals surface area contributed by atoms with Crippen molar-refractivity contribution in [3.8, 4) is 0 Å². The van der Waals surface area contributed by atoms with Gasteiger partial charge in [0.25, 0.3) is 0 Å². The van der Waals surface area contributed by atoms with Crippen LogP contribution < -0.4 is 5.32 Å². The maximum absolute atomic E-state index is 3.62. The number of benzene rings is 1. The van der Waals surface area contributed by atoms with E-state index < -0.39 is 0 Å². The van der Waals surface area contributed by atoms with Crippen LogP contribution in [0.5, 0.6) is 0 Å². The Balaban J connectivity index is 2.43. The van der Waals surface area contributed by atoms with Crippen LogP contribution in [0.3, 0.4) is 0 Å². The summed E-state index contributed by atoms with van der Waals surface area (Å²) in [7, 11) is 0. The Labute approximate surface area is 110 Å². The Kier molecular flexibility index (Phi) is 7.38. The first kappa shape index (κ1) is 14.6. The van der Waals surface area contributed by atoms with E-state index >= 15 is 0 Å². The van der Waals surface area contributed by atoms with Crippen molar-refractivity contribution in [2.75, 3.05) is 12.3 Å². The Morgan fingerprint density at radius 3 is 2.47 bits per heavy atom. The molecule has 1 aromatic carbocycles. The molecule has 0 saturated heterocycles. The molecule has 1 N–H and O–H groups in total. The van der Waals surface area contributed by atoms with E-state index in [1.54, 1.807) is 0 Å².